The van der Waals surface area contributed by atoms with Gasteiger partial charge in [0.2, 0.25) is 0 Å². The largest absolute Gasteiger partial charge is 0.493 e. The van der Waals surface area contributed by atoms with Gasteiger partial charge >= 0.3 is 0 Å². The van der Waals surface area contributed by atoms with Crippen LogP contribution in [0.5, 0.6) is 11.5 Å². The van der Waals surface area contributed by atoms with E-state index in [2.05, 4.69) is 5.32 Å². The third-order valence-corrected chi connectivity index (χ3v) is 4.68. The second kappa shape index (κ2) is 7.62. The van der Waals surface area contributed by atoms with E-state index in [9.17, 15) is 4.79 Å². The number of carbonyl (C=O) groups excluding carboxylic acids is 1. The zero-order chi connectivity index (χ0) is 17.9. The van der Waals surface area contributed by atoms with Crippen LogP contribution < -0.4 is 14.8 Å². The predicted molar refractivity (Wildman–Crippen MR) is 93.1 cm³/mol. The Kier molecular flexibility index (Phi) is 5.49. The van der Waals surface area contributed by atoms with E-state index in [1.54, 1.807) is 25.3 Å². The Balaban J connectivity index is 1.59. The fourth-order valence-electron chi connectivity index (χ4n) is 3.42. The number of rotatable bonds is 5. The molecule has 138 valence electrons. The smallest absolute Gasteiger partial charge is 0.251 e. The highest BCUT2D eigenvalue weighted by Crippen LogP contribution is 2.36. The monoisotopic (exact) mass is 349 g/mol. The molecule has 6 heteroatoms. The fourth-order valence-corrected chi connectivity index (χ4v) is 3.42. The Morgan fingerprint density at radius 3 is 2.48 bits per heavy atom. The first-order valence-corrected chi connectivity index (χ1v) is 8.95. The number of hydrogen-bond donors (Lipinski definition) is 1. The number of benzene rings is 1. The highest BCUT2D eigenvalue weighted by atomic mass is 16.7. The molecule has 1 saturated carbocycles. The lowest BCUT2D eigenvalue weighted by Gasteiger charge is -2.35. The van der Waals surface area contributed by atoms with E-state index in [1.165, 1.54) is 0 Å². The lowest BCUT2D eigenvalue weighted by atomic mass is 9.90. The average molecular weight is 349 g/mol. The van der Waals surface area contributed by atoms with Gasteiger partial charge in [-0.05, 0) is 44.9 Å². The van der Waals surface area contributed by atoms with Crippen molar-refractivity contribution in [3.05, 3.63) is 23.8 Å². The number of nitrogens with one attached hydrogen (secondary N) is 1. The molecule has 0 aromatic heterocycles. The summed E-state index contributed by atoms with van der Waals surface area (Å²) in [7, 11) is 1.58. The lowest BCUT2D eigenvalue weighted by molar-refractivity contribution is -0.179. The average Bonchev–Trinajstić information content (AvgIpc) is 3.05. The van der Waals surface area contributed by atoms with Crippen molar-refractivity contribution in [3.63, 3.8) is 0 Å². The minimum atomic E-state index is -0.402. The molecule has 1 saturated heterocycles. The van der Waals surface area contributed by atoms with Crippen molar-refractivity contribution in [1.29, 1.82) is 0 Å². The van der Waals surface area contributed by atoms with Gasteiger partial charge in [0.1, 0.15) is 0 Å². The zero-order valence-corrected chi connectivity index (χ0v) is 15.2. The molecule has 1 spiro atoms. The summed E-state index contributed by atoms with van der Waals surface area (Å²) >= 11 is 0. The fraction of sp³-hybridized carbons (Fsp3) is 0.632. The Labute approximate surface area is 148 Å². The van der Waals surface area contributed by atoms with Gasteiger partial charge in [-0.25, -0.2) is 0 Å². The maximum atomic E-state index is 12.6. The number of amides is 1. The summed E-state index contributed by atoms with van der Waals surface area (Å²) in [5.74, 6) is 0.713. The number of carbonyl (C=O) groups is 1. The van der Waals surface area contributed by atoms with E-state index in [0.717, 1.165) is 25.7 Å². The highest BCUT2D eigenvalue weighted by molar-refractivity contribution is 5.95. The standard InChI is InChI=1S/C19H27NO5/c1-13(2)25-16-5-4-14(12-17(16)22-3)18(21)20-15-6-8-19(9-7-15)23-10-11-24-19/h4-5,12-13,15H,6-11H2,1-3H3,(H,20,21). The molecule has 3 rings (SSSR count). The summed E-state index contributed by atoms with van der Waals surface area (Å²) in [6.07, 6.45) is 3.41. The summed E-state index contributed by atoms with van der Waals surface area (Å²) in [5.41, 5.74) is 0.571. The van der Waals surface area contributed by atoms with Crippen molar-refractivity contribution in [3.8, 4) is 11.5 Å². The summed E-state index contributed by atoms with van der Waals surface area (Å²) in [6.45, 7) is 5.24. The quantitative estimate of drug-likeness (QED) is 0.885. The van der Waals surface area contributed by atoms with Gasteiger partial charge in [0.25, 0.3) is 5.91 Å². The molecule has 1 aliphatic carbocycles. The first-order valence-electron chi connectivity index (χ1n) is 8.95. The summed E-state index contributed by atoms with van der Waals surface area (Å²) in [4.78, 5) is 12.6. The minimum Gasteiger partial charge on any atom is -0.493 e. The van der Waals surface area contributed by atoms with E-state index in [4.69, 9.17) is 18.9 Å². The van der Waals surface area contributed by atoms with Crippen molar-refractivity contribution in [2.45, 2.75) is 57.5 Å². The van der Waals surface area contributed by atoms with Gasteiger partial charge in [-0.2, -0.15) is 0 Å². The zero-order valence-electron chi connectivity index (χ0n) is 15.2. The van der Waals surface area contributed by atoms with Gasteiger partial charge in [-0.1, -0.05) is 0 Å². The van der Waals surface area contributed by atoms with Crippen LogP contribution in [0.15, 0.2) is 18.2 Å². The number of ether oxygens (including phenoxy) is 4. The van der Waals surface area contributed by atoms with Gasteiger partial charge in [0.15, 0.2) is 17.3 Å². The van der Waals surface area contributed by atoms with Crippen LogP contribution in [-0.4, -0.2) is 44.2 Å². The molecule has 2 aliphatic rings. The molecular formula is C19H27NO5. The summed E-state index contributed by atoms with van der Waals surface area (Å²) in [5, 5.41) is 3.11. The molecule has 0 radical (unpaired) electrons. The maximum absolute atomic E-state index is 12.6. The SMILES string of the molecule is COc1cc(C(=O)NC2CCC3(CC2)OCCO3)ccc1OC(C)C. The normalized spacial score (nSPS) is 20.0. The molecule has 1 aliphatic heterocycles. The van der Waals surface area contributed by atoms with E-state index in [-0.39, 0.29) is 18.1 Å². The topological polar surface area (TPSA) is 66.0 Å². The molecule has 0 atom stereocenters. The minimum absolute atomic E-state index is 0.0446. The second-order valence-electron chi connectivity index (χ2n) is 6.89. The van der Waals surface area contributed by atoms with E-state index >= 15 is 0 Å². The second-order valence-corrected chi connectivity index (χ2v) is 6.89. The van der Waals surface area contributed by atoms with Gasteiger partial charge in [-0.15, -0.1) is 0 Å². The van der Waals surface area contributed by atoms with E-state index in [1.807, 2.05) is 13.8 Å². The van der Waals surface area contributed by atoms with Crippen molar-refractivity contribution in [2.24, 2.45) is 0 Å². The first kappa shape index (κ1) is 18.0. The van der Waals surface area contributed by atoms with Crippen LogP contribution in [0.4, 0.5) is 0 Å². The first-order chi connectivity index (χ1) is 12.0. The summed E-state index contributed by atoms with van der Waals surface area (Å²) < 4.78 is 22.5. The molecule has 1 heterocycles. The van der Waals surface area contributed by atoms with Crippen molar-refractivity contribution in [2.75, 3.05) is 20.3 Å². The molecule has 1 aromatic carbocycles. The van der Waals surface area contributed by atoms with E-state index in [0.29, 0.717) is 30.3 Å². The van der Waals surface area contributed by atoms with Crippen LogP contribution in [-0.2, 0) is 9.47 Å². The predicted octanol–water partition coefficient (Wildman–Crippen LogP) is 2.90. The molecular weight excluding hydrogens is 322 g/mol. The third kappa shape index (κ3) is 4.25. The Hall–Kier alpha value is -1.79. The molecule has 1 amide bonds. The van der Waals surface area contributed by atoms with Crippen LogP contribution in [0.3, 0.4) is 0 Å². The maximum Gasteiger partial charge on any atom is 0.251 e. The van der Waals surface area contributed by atoms with Gasteiger partial charge in [0.05, 0.1) is 26.4 Å². The molecule has 1 aromatic rings. The van der Waals surface area contributed by atoms with Crippen LogP contribution in [0.2, 0.25) is 0 Å². The van der Waals surface area contributed by atoms with Gasteiger partial charge < -0.3 is 24.3 Å². The molecule has 6 nitrogen and oxygen atoms in total. The molecule has 0 bridgehead atoms. The van der Waals surface area contributed by atoms with E-state index < -0.39 is 5.79 Å². The Bertz CT molecular complexity index is 600. The van der Waals surface area contributed by atoms with Gasteiger partial charge in [0, 0.05) is 24.4 Å². The lowest BCUT2D eigenvalue weighted by Crippen LogP contribution is -2.44. The van der Waals surface area contributed by atoms with Gasteiger partial charge in [-0.3, -0.25) is 4.79 Å². The van der Waals surface area contributed by atoms with Crippen molar-refractivity contribution < 1.29 is 23.7 Å². The molecule has 0 unspecified atom stereocenters. The molecule has 1 N–H and O–H groups in total. The van der Waals surface area contributed by atoms with Crippen molar-refractivity contribution in [1.82, 2.24) is 5.32 Å². The highest BCUT2D eigenvalue weighted by Gasteiger charge is 2.40. The molecule has 2 fully saturated rings. The summed E-state index contributed by atoms with van der Waals surface area (Å²) in [6, 6.07) is 5.41. The van der Waals surface area contributed by atoms with Crippen LogP contribution in [0, 0.1) is 0 Å². The van der Waals surface area contributed by atoms with Crippen LogP contribution in [0.1, 0.15) is 49.9 Å². The Morgan fingerprint density at radius 1 is 1.20 bits per heavy atom. The van der Waals surface area contributed by atoms with Crippen LogP contribution in [0.25, 0.3) is 0 Å². The van der Waals surface area contributed by atoms with Crippen LogP contribution >= 0.6 is 0 Å². The third-order valence-electron chi connectivity index (χ3n) is 4.68. The molecule has 25 heavy (non-hydrogen) atoms. The number of hydrogen-bond acceptors (Lipinski definition) is 5. The Morgan fingerprint density at radius 2 is 1.88 bits per heavy atom. The van der Waals surface area contributed by atoms with Crippen molar-refractivity contribution >= 4 is 5.91 Å². The number of methoxy groups -OCH3 is 1.